The number of nitrogens with zero attached hydrogens (tertiary/aromatic N) is 3. The van der Waals surface area contributed by atoms with Crippen LogP contribution in [0.1, 0.15) is 5.89 Å². The summed E-state index contributed by atoms with van der Waals surface area (Å²) in [5.74, 6) is 1.39. The standard InChI is InChI=1S/C18H17BrFN3O2/c1-23(10-11-24-14-8-6-13(20)7-9-14)12-17-21-22-18(25-17)15-4-2-3-5-16(15)19/h2-9H,10-12H2,1H3. The third-order valence-electron chi connectivity index (χ3n) is 3.53. The van der Waals surface area contributed by atoms with Crippen molar-refractivity contribution in [2.75, 3.05) is 20.2 Å². The molecule has 0 aliphatic rings. The molecule has 2 aromatic carbocycles. The highest BCUT2D eigenvalue weighted by atomic mass is 79.9. The smallest absolute Gasteiger partial charge is 0.248 e. The van der Waals surface area contributed by atoms with Gasteiger partial charge in [-0.2, -0.15) is 0 Å². The Morgan fingerprint density at radius 2 is 1.88 bits per heavy atom. The van der Waals surface area contributed by atoms with Gasteiger partial charge in [-0.05, 0) is 59.4 Å². The molecule has 0 aliphatic heterocycles. The van der Waals surface area contributed by atoms with Crippen molar-refractivity contribution < 1.29 is 13.5 Å². The molecule has 0 fully saturated rings. The summed E-state index contributed by atoms with van der Waals surface area (Å²) in [6.07, 6.45) is 0. The van der Waals surface area contributed by atoms with Crippen LogP contribution in [0.15, 0.2) is 57.4 Å². The molecule has 1 heterocycles. The van der Waals surface area contributed by atoms with Gasteiger partial charge in [-0.25, -0.2) is 4.39 Å². The molecule has 1 aromatic heterocycles. The first-order valence-electron chi connectivity index (χ1n) is 7.76. The van der Waals surface area contributed by atoms with E-state index < -0.39 is 0 Å². The largest absolute Gasteiger partial charge is 0.492 e. The number of hydrogen-bond donors (Lipinski definition) is 0. The van der Waals surface area contributed by atoms with E-state index in [9.17, 15) is 4.39 Å². The van der Waals surface area contributed by atoms with Crippen LogP contribution in [0, 0.1) is 5.82 Å². The molecule has 3 rings (SSSR count). The molecule has 0 saturated carbocycles. The van der Waals surface area contributed by atoms with E-state index in [1.807, 2.05) is 36.2 Å². The lowest BCUT2D eigenvalue weighted by Gasteiger charge is -2.14. The lowest BCUT2D eigenvalue weighted by molar-refractivity contribution is 0.220. The first-order chi connectivity index (χ1) is 12.1. The lowest BCUT2D eigenvalue weighted by atomic mass is 10.2. The second-order valence-corrected chi connectivity index (χ2v) is 6.38. The molecule has 5 nitrogen and oxygen atoms in total. The van der Waals surface area contributed by atoms with Crippen LogP contribution in [0.5, 0.6) is 5.75 Å². The maximum Gasteiger partial charge on any atom is 0.248 e. The second kappa shape index (κ2) is 8.22. The fraction of sp³-hybridized carbons (Fsp3) is 0.222. The van der Waals surface area contributed by atoms with Gasteiger partial charge in [-0.3, -0.25) is 4.90 Å². The first kappa shape index (κ1) is 17.6. The summed E-state index contributed by atoms with van der Waals surface area (Å²) < 4.78 is 25.0. The summed E-state index contributed by atoms with van der Waals surface area (Å²) in [6.45, 7) is 1.67. The zero-order valence-corrected chi connectivity index (χ0v) is 15.2. The summed E-state index contributed by atoms with van der Waals surface area (Å²) in [4.78, 5) is 2.01. The Bertz CT molecular complexity index is 823. The van der Waals surface area contributed by atoms with E-state index >= 15 is 0 Å². The van der Waals surface area contributed by atoms with E-state index in [0.717, 1.165) is 10.0 Å². The summed E-state index contributed by atoms with van der Waals surface area (Å²) in [6, 6.07) is 13.7. The third kappa shape index (κ3) is 4.87. The van der Waals surface area contributed by atoms with Gasteiger partial charge in [-0.1, -0.05) is 12.1 Å². The number of benzene rings is 2. The van der Waals surface area contributed by atoms with Crippen molar-refractivity contribution in [3.63, 3.8) is 0 Å². The molecule has 3 aromatic rings. The first-order valence-corrected chi connectivity index (χ1v) is 8.55. The molecule has 0 atom stereocenters. The third-order valence-corrected chi connectivity index (χ3v) is 4.22. The maximum absolute atomic E-state index is 12.8. The van der Waals surface area contributed by atoms with Crippen molar-refractivity contribution in [1.29, 1.82) is 0 Å². The van der Waals surface area contributed by atoms with Crippen LogP contribution in [0.2, 0.25) is 0 Å². The number of hydrogen-bond acceptors (Lipinski definition) is 5. The van der Waals surface area contributed by atoms with Crippen molar-refractivity contribution in [3.05, 3.63) is 64.7 Å². The van der Waals surface area contributed by atoms with Gasteiger partial charge >= 0.3 is 0 Å². The monoisotopic (exact) mass is 405 g/mol. The Labute approximate surface area is 153 Å². The molecular weight excluding hydrogens is 389 g/mol. The van der Waals surface area contributed by atoms with Gasteiger partial charge in [0.2, 0.25) is 11.8 Å². The average molecular weight is 406 g/mol. The molecule has 25 heavy (non-hydrogen) atoms. The molecule has 0 N–H and O–H groups in total. The molecule has 0 unspecified atom stereocenters. The molecule has 0 radical (unpaired) electrons. The van der Waals surface area contributed by atoms with Crippen molar-refractivity contribution in [2.24, 2.45) is 0 Å². The van der Waals surface area contributed by atoms with Gasteiger partial charge in [0.1, 0.15) is 18.2 Å². The highest BCUT2D eigenvalue weighted by Crippen LogP contribution is 2.26. The minimum atomic E-state index is -0.276. The Morgan fingerprint density at radius 1 is 1.12 bits per heavy atom. The normalized spacial score (nSPS) is 11.0. The van der Waals surface area contributed by atoms with Gasteiger partial charge in [0.15, 0.2) is 0 Å². The van der Waals surface area contributed by atoms with Crippen LogP contribution in [-0.4, -0.2) is 35.3 Å². The van der Waals surface area contributed by atoms with Crippen LogP contribution in [-0.2, 0) is 6.54 Å². The Balaban J connectivity index is 1.51. The predicted molar refractivity (Wildman–Crippen MR) is 95.7 cm³/mol. The van der Waals surface area contributed by atoms with E-state index in [1.54, 1.807) is 12.1 Å². The second-order valence-electron chi connectivity index (χ2n) is 5.52. The van der Waals surface area contributed by atoms with Crippen LogP contribution in [0.25, 0.3) is 11.5 Å². The van der Waals surface area contributed by atoms with Crippen molar-refractivity contribution in [3.8, 4) is 17.2 Å². The maximum atomic E-state index is 12.8. The van der Waals surface area contributed by atoms with Gasteiger partial charge in [0.25, 0.3) is 0 Å². The molecule has 130 valence electrons. The van der Waals surface area contributed by atoms with Gasteiger partial charge < -0.3 is 9.15 Å². The Morgan fingerprint density at radius 3 is 2.64 bits per heavy atom. The molecule has 0 spiro atoms. The zero-order chi connectivity index (χ0) is 17.6. The van der Waals surface area contributed by atoms with Crippen LogP contribution >= 0.6 is 15.9 Å². The summed E-state index contributed by atoms with van der Waals surface area (Å²) >= 11 is 3.48. The van der Waals surface area contributed by atoms with E-state index in [1.165, 1.54) is 12.1 Å². The van der Waals surface area contributed by atoms with Gasteiger partial charge in [-0.15, -0.1) is 10.2 Å². The van der Waals surface area contributed by atoms with E-state index in [0.29, 0.717) is 37.2 Å². The predicted octanol–water partition coefficient (Wildman–Crippen LogP) is 4.15. The number of likely N-dealkylation sites (N-methyl/N-ethyl adjacent to an activating group) is 1. The number of ether oxygens (including phenoxy) is 1. The summed E-state index contributed by atoms with van der Waals surface area (Å²) in [7, 11) is 1.94. The molecular formula is C18H17BrFN3O2. The van der Waals surface area contributed by atoms with Crippen molar-refractivity contribution in [1.82, 2.24) is 15.1 Å². The topological polar surface area (TPSA) is 51.4 Å². The quantitative estimate of drug-likeness (QED) is 0.590. The van der Waals surface area contributed by atoms with Gasteiger partial charge in [0, 0.05) is 11.0 Å². The molecule has 0 aliphatic carbocycles. The minimum absolute atomic E-state index is 0.276. The van der Waals surface area contributed by atoms with Crippen LogP contribution < -0.4 is 4.74 Å². The molecule has 0 saturated heterocycles. The molecule has 0 bridgehead atoms. The highest BCUT2D eigenvalue weighted by Gasteiger charge is 2.12. The lowest BCUT2D eigenvalue weighted by Crippen LogP contribution is -2.24. The van der Waals surface area contributed by atoms with Crippen LogP contribution in [0.4, 0.5) is 4.39 Å². The number of rotatable bonds is 7. The SMILES string of the molecule is CN(CCOc1ccc(F)cc1)Cc1nnc(-c2ccccc2Br)o1. The zero-order valence-electron chi connectivity index (χ0n) is 13.7. The Kier molecular flexibility index (Phi) is 5.78. The average Bonchev–Trinajstić information content (AvgIpc) is 3.05. The van der Waals surface area contributed by atoms with Gasteiger partial charge in [0.05, 0.1) is 12.1 Å². The Hall–Kier alpha value is -2.25. The number of halogens is 2. The van der Waals surface area contributed by atoms with Crippen molar-refractivity contribution >= 4 is 15.9 Å². The number of aromatic nitrogens is 2. The highest BCUT2D eigenvalue weighted by molar-refractivity contribution is 9.10. The van der Waals surface area contributed by atoms with E-state index in [2.05, 4.69) is 26.1 Å². The summed E-state index contributed by atoms with van der Waals surface area (Å²) in [5.41, 5.74) is 0.864. The fourth-order valence-electron chi connectivity index (χ4n) is 2.22. The van der Waals surface area contributed by atoms with Crippen molar-refractivity contribution in [2.45, 2.75) is 6.54 Å². The minimum Gasteiger partial charge on any atom is -0.492 e. The fourth-order valence-corrected chi connectivity index (χ4v) is 2.68. The molecule has 0 amide bonds. The van der Waals surface area contributed by atoms with E-state index in [-0.39, 0.29) is 5.82 Å². The van der Waals surface area contributed by atoms with Crippen LogP contribution in [0.3, 0.4) is 0 Å². The summed E-state index contributed by atoms with van der Waals surface area (Å²) in [5, 5.41) is 8.18. The molecule has 7 heteroatoms. The van der Waals surface area contributed by atoms with E-state index in [4.69, 9.17) is 9.15 Å².